The number of halogens is 1. The van der Waals surface area contributed by atoms with Gasteiger partial charge in [0.05, 0.1) is 6.21 Å². The summed E-state index contributed by atoms with van der Waals surface area (Å²) in [6, 6.07) is 13.1. The Kier molecular flexibility index (Phi) is 5.26. The van der Waals surface area contributed by atoms with E-state index < -0.39 is 0 Å². The minimum absolute atomic E-state index is 0.216. The molecule has 3 rings (SSSR count). The zero-order chi connectivity index (χ0) is 16.9. The summed E-state index contributed by atoms with van der Waals surface area (Å²) in [6.45, 7) is 9.18. The number of hydrogen-bond donors (Lipinski definition) is 0. The molecule has 0 saturated carbocycles. The maximum atomic E-state index is 12.9. The Morgan fingerprint density at radius 1 is 1.00 bits per heavy atom. The molecule has 24 heavy (non-hydrogen) atoms. The first-order valence-corrected chi connectivity index (χ1v) is 8.43. The van der Waals surface area contributed by atoms with E-state index in [9.17, 15) is 4.39 Å². The second kappa shape index (κ2) is 7.58. The molecule has 2 aromatic carbocycles. The molecule has 0 spiro atoms. The lowest BCUT2D eigenvalue weighted by molar-refractivity contribution is 0.131. The van der Waals surface area contributed by atoms with Crippen LogP contribution in [0.4, 0.5) is 4.39 Å². The largest absolute Gasteiger partial charge is 0.295 e. The maximum Gasteiger partial charge on any atom is 0.123 e. The molecule has 0 bridgehead atoms. The van der Waals surface area contributed by atoms with Gasteiger partial charge in [0.25, 0.3) is 0 Å². The Hall–Kier alpha value is -2.20. The molecule has 1 fully saturated rings. The van der Waals surface area contributed by atoms with Gasteiger partial charge in [-0.05, 0) is 42.7 Å². The van der Waals surface area contributed by atoms with Crippen LogP contribution >= 0.6 is 0 Å². The molecule has 2 aromatic rings. The van der Waals surface area contributed by atoms with Crippen LogP contribution in [0.25, 0.3) is 0 Å². The van der Waals surface area contributed by atoms with Gasteiger partial charge in [-0.3, -0.25) is 9.91 Å². The van der Waals surface area contributed by atoms with Gasteiger partial charge in [-0.15, -0.1) is 0 Å². The number of hydrogen-bond acceptors (Lipinski definition) is 3. The number of nitrogens with zero attached hydrogens (tertiary/aromatic N) is 3. The molecule has 0 atom stereocenters. The summed E-state index contributed by atoms with van der Waals surface area (Å²) in [5, 5.41) is 6.60. The van der Waals surface area contributed by atoms with E-state index in [0.717, 1.165) is 38.3 Å². The zero-order valence-electron chi connectivity index (χ0n) is 14.4. The Labute approximate surface area is 143 Å². The smallest absolute Gasteiger partial charge is 0.123 e. The highest BCUT2D eigenvalue weighted by Gasteiger charge is 2.16. The summed E-state index contributed by atoms with van der Waals surface area (Å²) < 4.78 is 12.9. The van der Waals surface area contributed by atoms with Crippen molar-refractivity contribution in [1.29, 1.82) is 0 Å². The normalized spacial score (nSPS) is 16.0. The van der Waals surface area contributed by atoms with Crippen LogP contribution < -0.4 is 0 Å². The van der Waals surface area contributed by atoms with Crippen LogP contribution in [0, 0.1) is 19.7 Å². The molecule has 0 N–H and O–H groups in total. The number of aryl methyl sites for hydroxylation is 2. The molecule has 0 aromatic heterocycles. The minimum Gasteiger partial charge on any atom is -0.295 e. The molecular formula is C20H24FN3. The summed E-state index contributed by atoms with van der Waals surface area (Å²) >= 11 is 0. The monoisotopic (exact) mass is 325 g/mol. The van der Waals surface area contributed by atoms with Gasteiger partial charge < -0.3 is 0 Å². The van der Waals surface area contributed by atoms with Gasteiger partial charge in [-0.25, -0.2) is 4.39 Å². The summed E-state index contributed by atoms with van der Waals surface area (Å²) in [4.78, 5) is 2.47. The van der Waals surface area contributed by atoms with E-state index in [2.05, 4.69) is 47.1 Å². The lowest BCUT2D eigenvalue weighted by Gasteiger charge is -2.33. The summed E-state index contributed by atoms with van der Waals surface area (Å²) in [7, 11) is 0. The van der Waals surface area contributed by atoms with Crippen molar-refractivity contribution in [3.63, 3.8) is 0 Å². The van der Waals surface area contributed by atoms with Crippen LogP contribution in [0.3, 0.4) is 0 Å². The second-order valence-electron chi connectivity index (χ2n) is 6.46. The van der Waals surface area contributed by atoms with E-state index in [0.29, 0.717) is 0 Å². The molecule has 1 saturated heterocycles. The van der Waals surface area contributed by atoms with E-state index in [1.165, 1.54) is 28.8 Å². The van der Waals surface area contributed by atoms with Crippen molar-refractivity contribution in [3.8, 4) is 0 Å². The Morgan fingerprint density at radius 3 is 2.38 bits per heavy atom. The molecule has 1 aliphatic rings. The predicted molar refractivity (Wildman–Crippen MR) is 96.8 cm³/mol. The van der Waals surface area contributed by atoms with Crippen LogP contribution in [0.2, 0.25) is 0 Å². The third-order valence-electron chi connectivity index (χ3n) is 4.48. The standard InChI is InChI=1S/C20H24FN3/c1-16-3-6-19(17(2)13-16)15-23-9-11-24(12-10-23)22-14-18-4-7-20(21)8-5-18/h3-8,13-14H,9-12,15H2,1-2H3/b22-14-. The Balaban J connectivity index is 1.51. The van der Waals surface area contributed by atoms with Crippen molar-refractivity contribution in [3.05, 3.63) is 70.5 Å². The highest BCUT2D eigenvalue weighted by molar-refractivity contribution is 5.79. The second-order valence-corrected chi connectivity index (χ2v) is 6.46. The van der Waals surface area contributed by atoms with Crippen molar-refractivity contribution >= 4 is 6.21 Å². The Bertz CT molecular complexity index is 701. The molecule has 0 unspecified atom stereocenters. The van der Waals surface area contributed by atoms with Gasteiger partial charge in [0.1, 0.15) is 5.82 Å². The number of benzene rings is 2. The molecular weight excluding hydrogens is 301 g/mol. The lowest BCUT2D eigenvalue weighted by Crippen LogP contribution is -2.43. The van der Waals surface area contributed by atoms with Crippen LogP contribution in [0.5, 0.6) is 0 Å². The number of hydrazone groups is 1. The molecule has 4 heteroatoms. The van der Waals surface area contributed by atoms with Gasteiger partial charge >= 0.3 is 0 Å². The lowest BCUT2D eigenvalue weighted by atomic mass is 10.1. The molecule has 0 amide bonds. The van der Waals surface area contributed by atoms with Crippen molar-refractivity contribution < 1.29 is 4.39 Å². The van der Waals surface area contributed by atoms with Crippen LogP contribution in [-0.2, 0) is 6.54 Å². The van der Waals surface area contributed by atoms with Gasteiger partial charge in [-0.1, -0.05) is 35.9 Å². The summed E-state index contributed by atoms with van der Waals surface area (Å²) in [5.74, 6) is -0.216. The quantitative estimate of drug-likeness (QED) is 0.800. The van der Waals surface area contributed by atoms with Crippen LogP contribution in [0.1, 0.15) is 22.3 Å². The fraction of sp³-hybridized carbons (Fsp3) is 0.350. The number of rotatable bonds is 4. The van der Waals surface area contributed by atoms with Crippen LogP contribution in [-0.4, -0.2) is 42.3 Å². The average molecular weight is 325 g/mol. The first-order chi connectivity index (χ1) is 11.6. The van der Waals surface area contributed by atoms with Gasteiger partial charge in [0.2, 0.25) is 0 Å². The average Bonchev–Trinajstić information content (AvgIpc) is 2.58. The van der Waals surface area contributed by atoms with Gasteiger partial charge in [0.15, 0.2) is 0 Å². The first-order valence-electron chi connectivity index (χ1n) is 8.43. The fourth-order valence-corrected chi connectivity index (χ4v) is 2.97. The van der Waals surface area contributed by atoms with E-state index in [4.69, 9.17) is 0 Å². The van der Waals surface area contributed by atoms with Gasteiger partial charge in [-0.2, -0.15) is 5.10 Å². The van der Waals surface area contributed by atoms with E-state index in [1.54, 1.807) is 18.3 Å². The third kappa shape index (κ3) is 4.42. The molecule has 0 aliphatic carbocycles. The van der Waals surface area contributed by atoms with Gasteiger partial charge in [0, 0.05) is 32.7 Å². The third-order valence-corrected chi connectivity index (χ3v) is 4.48. The van der Waals surface area contributed by atoms with E-state index in [1.807, 2.05) is 0 Å². The molecule has 1 heterocycles. The maximum absolute atomic E-state index is 12.9. The predicted octanol–water partition coefficient (Wildman–Crippen LogP) is 3.59. The molecule has 0 radical (unpaired) electrons. The number of piperazine rings is 1. The zero-order valence-corrected chi connectivity index (χ0v) is 14.4. The van der Waals surface area contributed by atoms with E-state index >= 15 is 0 Å². The molecule has 3 nitrogen and oxygen atoms in total. The first kappa shape index (κ1) is 16.7. The van der Waals surface area contributed by atoms with Crippen molar-refractivity contribution in [2.45, 2.75) is 20.4 Å². The van der Waals surface area contributed by atoms with E-state index in [-0.39, 0.29) is 5.82 Å². The fourth-order valence-electron chi connectivity index (χ4n) is 2.97. The minimum atomic E-state index is -0.216. The molecule has 126 valence electrons. The van der Waals surface area contributed by atoms with Crippen LogP contribution in [0.15, 0.2) is 47.6 Å². The SMILES string of the molecule is Cc1ccc(CN2CCN(/N=C\c3ccc(F)cc3)CC2)c(C)c1. The molecule has 1 aliphatic heterocycles. The van der Waals surface area contributed by atoms with Crippen molar-refractivity contribution in [2.75, 3.05) is 26.2 Å². The summed E-state index contributed by atoms with van der Waals surface area (Å²) in [5.41, 5.74) is 5.01. The van der Waals surface area contributed by atoms with Crippen molar-refractivity contribution in [1.82, 2.24) is 9.91 Å². The highest BCUT2D eigenvalue weighted by Crippen LogP contribution is 2.14. The summed E-state index contributed by atoms with van der Waals surface area (Å²) in [6.07, 6.45) is 1.80. The highest BCUT2D eigenvalue weighted by atomic mass is 19.1. The Morgan fingerprint density at radius 2 is 1.71 bits per heavy atom. The van der Waals surface area contributed by atoms with Crippen molar-refractivity contribution in [2.24, 2.45) is 5.10 Å². The topological polar surface area (TPSA) is 18.8 Å².